The molecule has 9 nitrogen and oxygen atoms in total. The molecule has 34 heavy (non-hydrogen) atoms. The highest BCUT2D eigenvalue weighted by Crippen LogP contribution is 2.44. The summed E-state index contributed by atoms with van der Waals surface area (Å²) >= 11 is 0. The van der Waals surface area contributed by atoms with E-state index in [0.29, 0.717) is 5.69 Å². The highest BCUT2D eigenvalue weighted by molar-refractivity contribution is 5.85. The number of nitrogens with one attached hydrogen (secondary N) is 1. The predicted octanol–water partition coefficient (Wildman–Crippen LogP) is 3.18. The Morgan fingerprint density at radius 2 is 1.71 bits per heavy atom. The third-order valence-electron chi connectivity index (χ3n) is 6.47. The van der Waals surface area contributed by atoms with E-state index in [0.717, 1.165) is 22.3 Å². The number of benzene rings is 2. The van der Waals surface area contributed by atoms with E-state index in [1.54, 1.807) is 6.92 Å². The molecule has 3 aromatic rings. The maximum Gasteiger partial charge on any atom is 0.411 e. The fraction of sp³-hybridized carbons (Fsp3) is 0.280. The molecule has 1 fully saturated rings. The first-order valence-corrected chi connectivity index (χ1v) is 11.0. The molecule has 1 aliphatic heterocycles. The van der Waals surface area contributed by atoms with Gasteiger partial charge in [-0.05, 0) is 29.2 Å². The van der Waals surface area contributed by atoms with Crippen LogP contribution in [0.4, 0.5) is 10.5 Å². The Morgan fingerprint density at radius 1 is 1.09 bits per heavy atom. The number of carboxylic acid groups (broad SMARTS) is 1. The van der Waals surface area contributed by atoms with Gasteiger partial charge < -0.3 is 14.7 Å². The Morgan fingerprint density at radius 3 is 2.32 bits per heavy atom. The fourth-order valence-corrected chi connectivity index (χ4v) is 4.61. The Balaban J connectivity index is 1.15. The number of likely N-dealkylation sites (tertiary alicyclic amines) is 1. The molecule has 0 atom stereocenters. The highest BCUT2D eigenvalue weighted by atomic mass is 16.5. The van der Waals surface area contributed by atoms with E-state index in [1.165, 1.54) is 22.0 Å². The Bertz CT molecular complexity index is 1230. The summed E-state index contributed by atoms with van der Waals surface area (Å²) in [5.74, 6) is -1.17. The lowest BCUT2D eigenvalue weighted by atomic mass is 9.82. The van der Waals surface area contributed by atoms with Crippen LogP contribution in [0, 0.1) is 5.41 Å². The monoisotopic (exact) mass is 460 g/mol. The molecule has 0 bridgehead atoms. The molecule has 2 amide bonds. The third kappa shape index (κ3) is 3.89. The van der Waals surface area contributed by atoms with Crippen LogP contribution in [0.3, 0.4) is 0 Å². The summed E-state index contributed by atoms with van der Waals surface area (Å²) in [7, 11) is 0. The number of amides is 2. The summed E-state index contributed by atoms with van der Waals surface area (Å²) in [4.78, 5) is 37.4. The van der Waals surface area contributed by atoms with Crippen molar-refractivity contribution in [3.63, 3.8) is 0 Å². The van der Waals surface area contributed by atoms with Crippen molar-refractivity contribution < 1.29 is 24.2 Å². The molecule has 5 rings (SSSR count). The maximum absolute atomic E-state index is 12.4. The van der Waals surface area contributed by atoms with Crippen molar-refractivity contribution in [1.29, 1.82) is 0 Å². The van der Waals surface area contributed by atoms with Crippen molar-refractivity contribution in [3.05, 3.63) is 72.1 Å². The zero-order valence-corrected chi connectivity index (χ0v) is 18.6. The number of carbonyl (C=O) groups excluding carboxylic acids is 2. The van der Waals surface area contributed by atoms with Crippen LogP contribution in [0.2, 0.25) is 0 Å². The molecule has 0 spiro atoms. The lowest BCUT2D eigenvalue weighted by Gasteiger charge is -2.44. The minimum absolute atomic E-state index is 0.0356. The number of carboxylic acids is 1. The number of hydrogen-bond acceptors (Lipinski definition) is 5. The van der Waals surface area contributed by atoms with E-state index in [2.05, 4.69) is 34.7 Å². The topological polar surface area (TPSA) is 114 Å². The number of anilines is 1. The van der Waals surface area contributed by atoms with Gasteiger partial charge in [-0.2, -0.15) is 5.10 Å². The van der Waals surface area contributed by atoms with E-state index in [9.17, 15) is 19.5 Å². The van der Waals surface area contributed by atoms with Gasteiger partial charge in [0.2, 0.25) is 5.91 Å². The van der Waals surface area contributed by atoms with E-state index in [1.807, 2.05) is 24.3 Å². The number of aliphatic carboxylic acids is 1. The summed E-state index contributed by atoms with van der Waals surface area (Å²) in [5.41, 5.74) is 4.09. The molecule has 2 N–H and O–H groups in total. The minimum atomic E-state index is -0.912. The molecule has 2 aromatic carbocycles. The molecule has 2 heterocycles. The number of hydrogen-bond donors (Lipinski definition) is 2. The van der Waals surface area contributed by atoms with Crippen LogP contribution in [-0.4, -0.2) is 57.5 Å². The van der Waals surface area contributed by atoms with Gasteiger partial charge in [-0.25, -0.2) is 4.79 Å². The van der Waals surface area contributed by atoms with Crippen molar-refractivity contribution in [2.24, 2.45) is 5.41 Å². The van der Waals surface area contributed by atoms with Gasteiger partial charge in [-0.1, -0.05) is 48.5 Å². The smallest absolute Gasteiger partial charge is 0.411 e. The lowest BCUT2D eigenvalue weighted by Crippen LogP contribution is -2.61. The zero-order chi connectivity index (χ0) is 23.9. The molecule has 0 saturated carbocycles. The Kier molecular flexibility index (Phi) is 5.31. The largest absolute Gasteiger partial charge is 0.481 e. The molecule has 0 radical (unpaired) electrons. The molecule has 1 saturated heterocycles. The molecule has 174 valence electrons. The Hall–Kier alpha value is -4.14. The normalized spacial score (nSPS) is 15.7. The standard InChI is InChI=1S/C25H24N4O5/c1-25(23(31)32)14-28(15-25)22(30)12-29-11-16(10-26-29)27-24(33)34-13-21-19-8-4-2-6-17(19)18-7-3-5-9-20(18)21/h2-11,21H,12-15H2,1H3,(H,27,33)(H,31,32). The predicted molar refractivity (Wildman–Crippen MR) is 123 cm³/mol. The molecule has 1 aromatic heterocycles. The van der Waals surface area contributed by atoms with Crippen LogP contribution in [0.1, 0.15) is 24.0 Å². The summed E-state index contributed by atoms with van der Waals surface area (Å²) in [6.45, 7) is 2.12. The lowest BCUT2D eigenvalue weighted by molar-refractivity contribution is -0.164. The van der Waals surface area contributed by atoms with Crippen LogP contribution >= 0.6 is 0 Å². The molecule has 0 unspecified atom stereocenters. The second-order valence-corrected chi connectivity index (χ2v) is 8.99. The zero-order valence-electron chi connectivity index (χ0n) is 18.6. The van der Waals surface area contributed by atoms with Crippen molar-refractivity contribution >= 4 is 23.7 Å². The number of aromatic nitrogens is 2. The SMILES string of the molecule is CC1(C(=O)O)CN(C(=O)Cn2cc(NC(=O)OCC3c4ccccc4-c4ccccc43)cn2)C1. The van der Waals surface area contributed by atoms with Gasteiger partial charge in [0.1, 0.15) is 13.2 Å². The van der Waals surface area contributed by atoms with Crippen LogP contribution in [0.15, 0.2) is 60.9 Å². The Labute approximate surface area is 195 Å². The first-order valence-electron chi connectivity index (χ1n) is 11.0. The summed E-state index contributed by atoms with van der Waals surface area (Å²) < 4.78 is 6.93. The first kappa shape index (κ1) is 21.7. The average molecular weight is 460 g/mol. The number of carbonyl (C=O) groups is 3. The van der Waals surface area contributed by atoms with Crippen molar-refractivity contribution in [2.75, 3.05) is 25.0 Å². The van der Waals surface area contributed by atoms with Gasteiger partial charge in [0.15, 0.2) is 0 Å². The first-order chi connectivity index (χ1) is 16.3. The molecular formula is C25H24N4O5. The average Bonchev–Trinajstić information content (AvgIpc) is 3.37. The summed E-state index contributed by atoms with van der Waals surface area (Å²) in [6.07, 6.45) is 2.37. The van der Waals surface area contributed by atoms with Gasteiger partial charge in [0.05, 0.1) is 17.3 Å². The van der Waals surface area contributed by atoms with Crippen molar-refractivity contribution in [1.82, 2.24) is 14.7 Å². The number of ether oxygens (including phenoxy) is 1. The molecule has 2 aliphatic rings. The molecular weight excluding hydrogens is 436 g/mol. The second kappa shape index (κ2) is 8.33. The van der Waals surface area contributed by atoms with E-state index in [4.69, 9.17) is 4.74 Å². The number of rotatable bonds is 6. The van der Waals surface area contributed by atoms with Gasteiger partial charge >= 0.3 is 12.1 Å². The van der Waals surface area contributed by atoms with Gasteiger partial charge in [-0.15, -0.1) is 0 Å². The fourth-order valence-electron chi connectivity index (χ4n) is 4.61. The minimum Gasteiger partial charge on any atom is -0.481 e. The van der Waals surface area contributed by atoms with E-state index < -0.39 is 17.5 Å². The van der Waals surface area contributed by atoms with Crippen LogP contribution in [0.25, 0.3) is 11.1 Å². The van der Waals surface area contributed by atoms with Crippen LogP contribution in [0.5, 0.6) is 0 Å². The number of fused-ring (bicyclic) bond motifs is 3. The molecule has 1 aliphatic carbocycles. The van der Waals surface area contributed by atoms with Crippen LogP contribution < -0.4 is 5.32 Å². The summed E-state index contributed by atoms with van der Waals surface area (Å²) in [5, 5.41) is 15.9. The summed E-state index contributed by atoms with van der Waals surface area (Å²) in [6, 6.07) is 16.2. The third-order valence-corrected chi connectivity index (χ3v) is 6.47. The van der Waals surface area contributed by atoms with E-state index >= 15 is 0 Å². The van der Waals surface area contributed by atoms with Crippen molar-refractivity contribution in [3.8, 4) is 11.1 Å². The number of nitrogens with zero attached hydrogens (tertiary/aromatic N) is 3. The highest BCUT2D eigenvalue weighted by Gasteiger charge is 2.47. The van der Waals surface area contributed by atoms with Gasteiger partial charge in [-0.3, -0.25) is 19.6 Å². The van der Waals surface area contributed by atoms with E-state index in [-0.39, 0.29) is 38.1 Å². The quantitative estimate of drug-likeness (QED) is 0.584. The van der Waals surface area contributed by atoms with Crippen molar-refractivity contribution in [2.45, 2.75) is 19.4 Å². The molecule has 9 heteroatoms. The van der Waals surface area contributed by atoms with Gasteiger partial charge in [0, 0.05) is 25.2 Å². The van der Waals surface area contributed by atoms with Gasteiger partial charge in [0.25, 0.3) is 0 Å². The van der Waals surface area contributed by atoms with Crippen LogP contribution in [-0.2, 0) is 20.9 Å². The second-order valence-electron chi connectivity index (χ2n) is 8.99. The maximum atomic E-state index is 12.4.